The van der Waals surface area contributed by atoms with Crippen molar-refractivity contribution in [2.45, 2.75) is 43.6 Å². The SMILES string of the molecule is OC1(C2CC2)CC(c2ccc(-c3nc4ccnc(C(F)F)c4cc3-c3ccccc3F)cc2)C1. The second-order valence-electron chi connectivity index (χ2n) is 9.53. The number of benzene rings is 2. The van der Waals surface area contributed by atoms with E-state index in [0.29, 0.717) is 34.2 Å². The summed E-state index contributed by atoms with van der Waals surface area (Å²) >= 11 is 0. The summed E-state index contributed by atoms with van der Waals surface area (Å²) in [6, 6.07) is 17.4. The monoisotopic (exact) mass is 460 g/mol. The minimum absolute atomic E-state index is 0.213. The maximum Gasteiger partial charge on any atom is 0.281 e. The van der Waals surface area contributed by atoms with Crippen LogP contribution in [0, 0.1) is 11.7 Å². The maximum atomic E-state index is 14.8. The Morgan fingerprint density at radius 2 is 1.68 bits per heavy atom. The summed E-state index contributed by atoms with van der Waals surface area (Å²) in [6.07, 6.45) is 2.38. The molecule has 0 spiro atoms. The molecule has 0 bridgehead atoms. The van der Waals surface area contributed by atoms with Gasteiger partial charge in [-0.15, -0.1) is 0 Å². The Morgan fingerprint density at radius 3 is 2.35 bits per heavy atom. The fourth-order valence-corrected chi connectivity index (χ4v) is 5.29. The highest BCUT2D eigenvalue weighted by atomic mass is 19.3. The van der Waals surface area contributed by atoms with Crippen molar-refractivity contribution >= 4 is 10.9 Å². The second-order valence-corrected chi connectivity index (χ2v) is 9.53. The third kappa shape index (κ3) is 3.57. The third-order valence-electron chi connectivity index (χ3n) is 7.34. The highest BCUT2D eigenvalue weighted by Gasteiger charge is 2.52. The summed E-state index contributed by atoms with van der Waals surface area (Å²) in [5.74, 6) is 0.341. The number of pyridine rings is 2. The summed E-state index contributed by atoms with van der Waals surface area (Å²) in [7, 11) is 0. The van der Waals surface area contributed by atoms with Crippen molar-refractivity contribution in [1.29, 1.82) is 0 Å². The molecule has 0 aliphatic heterocycles. The lowest BCUT2D eigenvalue weighted by atomic mass is 9.65. The molecule has 6 rings (SSSR count). The quantitative estimate of drug-likeness (QED) is 0.347. The lowest BCUT2D eigenvalue weighted by Gasteiger charge is -2.44. The van der Waals surface area contributed by atoms with Crippen LogP contribution < -0.4 is 0 Å². The van der Waals surface area contributed by atoms with Crippen LogP contribution in [0.5, 0.6) is 0 Å². The fourth-order valence-electron chi connectivity index (χ4n) is 5.29. The van der Waals surface area contributed by atoms with Gasteiger partial charge in [0.15, 0.2) is 0 Å². The zero-order valence-corrected chi connectivity index (χ0v) is 18.4. The van der Waals surface area contributed by atoms with Gasteiger partial charge in [-0.3, -0.25) is 4.98 Å². The molecule has 2 aromatic heterocycles. The predicted molar refractivity (Wildman–Crippen MR) is 125 cm³/mol. The number of aliphatic hydroxyl groups is 1. The Kier molecular flexibility index (Phi) is 4.96. The number of rotatable bonds is 5. The Morgan fingerprint density at radius 1 is 0.941 bits per heavy atom. The molecule has 2 aliphatic carbocycles. The smallest absolute Gasteiger partial charge is 0.281 e. The molecule has 1 N–H and O–H groups in total. The van der Waals surface area contributed by atoms with E-state index in [1.54, 1.807) is 30.3 Å². The number of nitrogens with zero attached hydrogens (tertiary/aromatic N) is 2. The first kappa shape index (κ1) is 21.3. The third-order valence-corrected chi connectivity index (χ3v) is 7.34. The van der Waals surface area contributed by atoms with E-state index in [1.165, 1.54) is 12.3 Å². The summed E-state index contributed by atoms with van der Waals surface area (Å²) in [6.45, 7) is 0. The van der Waals surface area contributed by atoms with Gasteiger partial charge in [-0.1, -0.05) is 42.5 Å². The number of fused-ring (bicyclic) bond motifs is 1. The normalized spacial score (nSPS) is 22.2. The number of alkyl halides is 2. The molecule has 2 heterocycles. The number of hydrogen-bond acceptors (Lipinski definition) is 3. The molecule has 2 aromatic carbocycles. The van der Waals surface area contributed by atoms with Crippen molar-refractivity contribution in [1.82, 2.24) is 9.97 Å². The van der Waals surface area contributed by atoms with Crippen molar-refractivity contribution in [3.63, 3.8) is 0 Å². The van der Waals surface area contributed by atoms with Crippen LogP contribution in [0.1, 0.15) is 49.3 Å². The van der Waals surface area contributed by atoms with E-state index >= 15 is 0 Å². The Hall–Kier alpha value is -3.25. The molecular weight excluding hydrogens is 437 g/mol. The highest BCUT2D eigenvalue weighted by molar-refractivity contribution is 5.92. The average molecular weight is 460 g/mol. The van der Waals surface area contributed by atoms with Crippen molar-refractivity contribution in [3.8, 4) is 22.4 Å². The predicted octanol–water partition coefficient (Wildman–Crippen LogP) is 7.06. The van der Waals surface area contributed by atoms with Crippen molar-refractivity contribution in [2.24, 2.45) is 5.92 Å². The Balaban J connectivity index is 1.43. The van der Waals surface area contributed by atoms with E-state index in [2.05, 4.69) is 9.97 Å². The number of hydrogen-bond donors (Lipinski definition) is 1. The molecule has 6 heteroatoms. The van der Waals surface area contributed by atoms with Gasteiger partial charge in [0.25, 0.3) is 6.43 Å². The van der Waals surface area contributed by atoms with E-state index in [1.807, 2.05) is 24.3 Å². The summed E-state index contributed by atoms with van der Waals surface area (Å²) in [4.78, 5) is 8.53. The molecule has 4 aromatic rings. The molecule has 2 saturated carbocycles. The van der Waals surface area contributed by atoms with Gasteiger partial charge in [0.2, 0.25) is 0 Å². The average Bonchev–Trinajstić information content (AvgIpc) is 3.67. The fraction of sp³-hybridized carbons (Fsp3) is 0.286. The van der Waals surface area contributed by atoms with Crippen LogP contribution in [0.3, 0.4) is 0 Å². The Bertz CT molecular complexity index is 1380. The first-order valence-electron chi connectivity index (χ1n) is 11.6. The summed E-state index contributed by atoms with van der Waals surface area (Å²) in [5, 5.41) is 10.9. The van der Waals surface area contributed by atoms with E-state index in [0.717, 1.165) is 36.8 Å². The van der Waals surface area contributed by atoms with E-state index in [4.69, 9.17) is 0 Å². The maximum absolute atomic E-state index is 14.8. The van der Waals surface area contributed by atoms with Gasteiger partial charge in [0.05, 0.1) is 16.8 Å². The molecule has 2 aliphatic rings. The van der Waals surface area contributed by atoms with Gasteiger partial charge < -0.3 is 5.11 Å². The van der Waals surface area contributed by atoms with Crippen LogP contribution in [0.2, 0.25) is 0 Å². The van der Waals surface area contributed by atoms with E-state index in [-0.39, 0.29) is 11.1 Å². The van der Waals surface area contributed by atoms with Crippen LogP contribution >= 0.6 is 0 Å². The van der Waals surface area contributed by atoms with Gasteiger partial charge in [0, 0.05) is 28.3 Å². The zero-order valence-electron chi connectivity index (χ0n) is 18.4. The number of aromatic nitrogens is 2. The van der Waals surface area contributed by atoms with Gasteiger partial charge >= 0.3 is 0 Å². The lowest BCUT2D eigenvalue weighted by Crippen LogP contribution is -2.44. The molecule has 34 heavy (non-hydrogen) atoms. The van der Waals surface area contributed by atoms with E-state index in [9.17, 15) is 18.3 Å². The van der Waals surface area contributed by atoms with Crippen molar-refractivity contribution in [2.75, 3.05) is 0 Å². The molecule has 0 saturated heterocycles. The van der Waals surface area contributed by atoms with Crippen LogP contribution in [-0.4, -0.2) is 20.7 Å². The summed E-state index contributed by atoms with van der Waals surface area (Å²) < 4.78 is 42.0. The first-order chi connectivity index (χ1) is 16.4. The van der Waals surface area contributed by atoms with Gasteiger partial charge in [-0.05, 0) is 61.3 Å². The molecule has 3 nitrogen and oxygen atoms in total. The van der Waals surface area contributed by atoms with Gasteiger partial charge in [-0.2, -0.15) is 0 Å². The van der Waals surface area contributed by atoms with E-state index < -0.39 is 17.8 Å². The molecule has 0 atom stereocenters. The highest BCUT2D eigenvalue weighted by Crippen LogP contribution is 2.56. The number of halogens is 3. The van der Waals surface area contributed by atoms with Crippen molar-refractivity contribution < 1.29 is 18.3 Å². The molecule has 2 fully saturated rings. The summed E-state index contributed by atoms with van der Waals surface area (Å²) in [5.41, 5.74) is 2.72. The molecule has 0 amide bonds. The van der Waals surface area contributed by atoms with Crippen LogP contribution in [-0.2, 0) is 0 Å². The second kappa shape index (κ2) is 7.91. The lowest BCUT2D eigenvalue weighted by molar-refractivity contribution is -0.0679. The molecule has 0 unspecified atom stereocenters. The van der Waals surface area contributed by atoms with Crippen LogP contribution in [0.25, 0.3) is 33.3 Å². The molecule has 0 radical (unpaired) electrons. The standard InChI is InChI=1S/C28H23F3N2O/c29-23-4-2-1-3-20(23)21-13-22-24(11-12-32-26(22)27(30)31)33-25(21)17-7-5-16(6-8-17)18-14-28(34,15-18)19-9-10-19/h1-8,11-13,18-19,27,34H,9-10,14-15H2. The minimum Gasteiger partial charge on any atom is -0.390 e. The van der Waals surface area contributed by atoms with Crippen LogP contribution in [0.4, 0.5) is 13.2 Å². The van der Waals surface area contributed by atoms with Crippen molar-refractivity contribution in [3.05, 3.63) is 83.9 Å². The van der Waals surface area contributed by atoms with Crippen LogP contribution in [0.15, 0.2) is 66.9 Å². The van der Waals surface area contributed by atoms with Gasteiger partial charge in [-0.25, -0.2) is 18.2 Å². The Labute approximate surface area is 195 Å². The topological polar surface area (TPSA) is 46.0 Å². The van der Waals surface area contributed by atoms with Gasteiger partial charge in [0.1, 0.15) is 11.5 Å². The zero-order chi connectivity index (χ0) is 23.4. The first-order valence-corrected chi connectivity index (χ1v) is 11.6. The molecular formula is C28H23F3N2O. The largest absolute Gasteiger partial charge is 0.390 e. The molecule has 172 valence electrons. The minimum atomic E-state index is -2.76.